The van der Waals surface area contributed by atoms with Gasteiger partial charge >= 0.3 is 0 Å². The molecule has 2 aliphatic rings. The van der Waals surface area contributed by atoms with Gasteiger partial charge in [-0.2, -0.15) is 0 Å². The van der Waals surface area contributed by atoms with Gasteiger partial charge in [0.05, 0.1) is 31.4 Å². The monoisotopic (exact) mass is 353 g/mol. The van der Waals surface area contributed by atoms with E-state index in [-0.39, 0.29) is 25.2 Å². The van der Waals surface area contributed by atoms with Crippen molar-refractivity contribution >= 4 is 27.9 Å². The zero-order valence-electron chi connectivity index (χ0n) is 11.4. The van der Waals surface area contributed by atoms with Gasteiger partial charge in [-0.05, 0) is 24.3 Å². The second-order valence-corrected chi connectivity index (χ2v) is 5.97. The van der Waals surface area contributed by atoms with Crippen molar-refractivity contribution in [2.45, 2.75) is 6.04 Å². The highest BCUT2D eigenvalue weighted by Gasteiger charge is 2.30. The van der Waals surface area contributed by atoms with Crippen molar-refractivity contribution in [2.75, 3.05) is 33.0 Å². The van der Waals surface area contributed by atoms with Crippen LogP contribution in [-0.2, 0) is 9.53 Å². The summed E-state index contributed by atoms with van der Waals surface area (Å²) in [5, 5.41) is 9.37. The van der Waals surface area contributed by atoms with Gasteiger partial charge in [0.1, 0.15) is 12.4 Å². The van der Waals surface area contributed by atoms with Gasteiger partial charge in [0.25, 0.3) is 5.91 Å². The highest BCUT2D eigenvalue weighted by Crippen LogP contribution is 2.30. The summed E-state index contributed by atoms with van der Waals surface area (Å²) in [5.74, 6) is 0.679. The number of aliphatic hydroxyl groups excluding tert-OH is 1. The average Bonchev–Trinajstić information content (AvgIpc) is 2.53. The number of aliphatic hydroxyl groups is 1. The van der Waals surface area contributed by atoms with E-state index in [1.807, 2.05) is 24.3 Å². The maximum atomic E-state index is 12.6. The Morgan fingerprint density at radius 2 is 2.33 bits per heavy atom. The molecule has 1 amide bonds. The summed E-state index contributed by atoms with van der Waals surface area (Å²) >= 11 is 3.41. The number of benzene rings is 1. The van der Waals surface area contributed by atoms with Gasteiger partial charge in [-0.15, -0.1) is 0 Å². The van der Waals surface area contributed by atoms with Gasteiger partial charge in [0.2, 0.25) is 0 Å². The normalized spacial score (nSPS) is 21.3. The minimum atomic E-state index is -0.281. The van der Waals surface area contributed by atoms with Gasteiger partial charge in [-0.3, -0.25) is 4.79 Å². The second kappa shape index (κ2) is 6.17. The van der Waals surface area contributed by atoms with Gasteiger partial charge in [0.15, 0.2) is 0 Å². The third-order valence-corrected chi connectivity index (χ3v) is 4.15. The van der Waals surface area contributed by atoms with Crippen molar-refractivity contribution in [3.05, 3.63) is 33.8 Å². The summed E-state index contributed by atoms with van der Waals surface area (Å²) in [5.41, 5.74) is 1.48. The van der Waals surface area contributed by atoms with E-state index in [4.69, 9.17) is 9.47 Å². The summed E-state index contributed by atoms with van der Waals surface area (Å²) in [6.07, 6.45) is 1.86. The van der Waals surface area contributed by atoms with Crippen LogP contribution in [0.25, 0.3) is 6.08 Å². The fourth-order valence-corrected chi connectivity index (χ4v) is 2.91. The Morgan fingerprint density at radius 1 is 1.48 bits per heavy atom. The molecule has 3 rings (SSSR count). The molecule has 112 valence electrons. The predicted molar refractivity (Wildman–Crippen MR) is 81.0 cm³/mol. The molecule has 0 spiro atoms. The van der Waals surface area contributed by atoms with E-state index in [2.05, 4.69) is 15.9 Å². The van der Waals surface area contributed by atoms with Crippen molar-refractivity contribution in [3.63, 3.8) is 0 Å². The molecule has 5 nitrogen and oxygen atoms in total. The topological polar surface area (TPSA) is 59.0 Å². The van der Waals surface area contributed by atoms with Crippen molar-refractivity contribution in [1.82, 2.24) is 4.90 Å². The molecule has 1 fully saturated rings. The Hall–Kier alpha value is -1.37. The number of ether oxygens (including phenoxy) is 2. The van der Waals surface area contributed by atoms with Crippen LogP contribution < -0.4 is 4.74 Å². The lowest BCUT2D eigenvalue weighted by molar-refractivity contribution is -0.137. The number of nitrogens with zero attached hydrogens (tertiary/aromatic N) is 1. The van der Waals surface area contributed by atoms with Gasteiger partial charge in [-0.25, -0.2) is 0 Å². The maximum Gasteiger partial charge on any atom is 0.253 e. The molecule has 1 atom stereocenters. The fourth-order valence-electron chi connectivity index (χ4n) is 2.53. The lowest BCUT2D eigenvalue weighted by Gasteiger charge is -2.35. The number of carbonyl (C=O) groups is 1. The first-order chi connectivity index (χ1) is 10.2. The van der Waals surface area contributed by atoms with Gasteiger partial charge in [0, 0.05) is 16.6 Å². The Labute approximate surface area is 131 Å². The minimum absolute atomic E-state index is 0.0945. The molecule has 1 N–H and O–H groups in total. The minimum Gasteiger partial charge on any atom is -0.488 e. The van der Waals surface area contributed by atoms with Crippen molar-refractivity contribution < 1.29 is 19.4 Å². The van der Waals surface area contributed by atoms with Crippen molar-refractivity contribution in [1.29, 1.82) is 0 Å². The first kappa shape index (κ1) is 14.6. The highest BCUT2D eigenvalue weighted by atomic mass is 79.9. The van der Waals surface area contributed by atoms with Crippen LogP contribution in [0, 0.1) is 0 Å². The number of carbonyl (C=O) groups excluding carboxylic acids is 1. The van der Waals surface area contributed by atoms with E-state index in [1.165, 1.54) is 0 Å². The summed E-state index contributed by atoms with van der Waals surface area (Å²) in [7, 11) is 0. The molecule has 0 aromatic heterocycles. The standard InChI is InChI=1S/C15H16BrNO4/c16-12-1-2-14-10(6-12)5-11(8-21-14)15(19)17-3-4-20-9-13(17)7-18/h1-2,5-6,13,18H,3-4,7-9H2. The molecule has 6 heteroatoms. The lowest BCUT2D eigenvalue weighted by Crippen LogP contribution is -2.51. The summed E-state index contributed by atoms with van der Waals surface area (Å²) in [6.45, 7) is 1.52. The van der Waals surface area contributed by atoms with E-state index < -0.39 is 0 Å². The summed E-state index contributed by atoms with van der Waals surface area (Å²) < 4.78 is 11.9. The van der Waals surface area contributed by atoms with Crippen molar-refractivity contribution in [2.24, 2.45) is 0 Å². The molecule has 1 aromatic rings. The Bertz CT molecular complexity index is 587. The number of fused-ring (bicyclic) bond motifs is 1. The molecule has 2 heterocycles. The molecular weight excluding hydrogens is 338 g/mol. The lowest BCUT2D eigenvalue weighted by atomic mass is 10.1. The average molecular weight is 354 g/mol. The number of halogens is 1. The predicted octanol–water partition coefficient (Wildman–Crippen LogP) is 1.44. The molecular formula is C15H16BrNO4. The molecule has 21 heavy (non-hydrogen) atoms. The highest BCUT2D eigenvalue weighted by molar-refractivity contribution is 9.10. The van der Waals surface area contributed by atoms with Crippen LogP contribution in [0.1, 0.15) is 5.56 Å². The Kier molecular flexibility index (Phi) is 4.28. The molecule has 0 saturated carbocycles. The Balaban J connectivity index is 1.85. The molecule has 0 aliphatic carbocycles. The number of hydrogen-bond donors (Lipinski definition) is 1. The smallest absolute Gasteiger partial charge is 0.253 e. The van der Waals surface area contributed by atoms with Crippen molar-refractivity contribution in [3.8, 4) is 5.75 Å². The van der Waals surface area contributed by atoms with Gasteiger partial charge < -0.3 is 19.5 Å². The molecule has 2 aliphatic heterocycles. The van der Waals surface area contributed by atoms with Crippen LogP contribution in [-0.4, -0.2) is 54.9 Å². The van der Waals surface area contributed by atoms with E-state index in [1.54, 1.807) is 4.90 Å². The Morgan fingerprint density at radius 3 is 3.14 bits per heavy atom. The number of morpholine rings is 1. The fraction of sp³-hybridized carbons (Fsp3) is 0.400. The molecule has 0 radical (unpaired) electrons. The van der Waals surface area contributed by atoms with Crippen LogP contribution in [0.4, 0.5) is 0 Å². The molecule has 1 saturated heterocycles. The van der Waals surface area contributed by atoms with Crippen LogP contribution in [0.5, 0.6) is 5.75 Å². The van der Waals surface area contributed by atoms with Crippen LogP contribution in [0.2, 0.25) is 0 Å². The number of rotatable bonds is 2. The summed E-state index contributed by atoms with van der Waals surface area (Å²) in [4.78, 5) is 14.3. The first-order valence-corrected chi connectivity index (χ1v) is 7.61. The summed E-state index contributed by atoms with van der Waals surface area (Å²) in [6, 6.07) is 5.42. The third-order valence-electron chi connectivity index (χ3n) is 3.66. The van der Waals surface area contributed by atoms with Crippen LogP contribution in [0.15, 0.2) is 28.2 Å². The van der Waals surface area contributed by atoms with Crippen LogP contribution >= 0.6 is 15.9 Å². The molecule has 0 bridgehead atoms. The van der Waals surface area contributed by atoms with Gasteiger partial charge in [-0.1, -0.05) is 15.9 Å². The zero-order valence-corrected chi connectivity index (χ0v) is 13.0. The molecule has 1 aromatic carbocycles. The third kappa shape index (κ3) is 2.97. The molecule has 1 unspecified atom stereocenters. The van der Waals surface area contributed by atoms with E-state index >= 15 is 0 Å². The largest absolute Gasteiger partial charge is 0.488 e. The SMILES string of the molecule is O=C(C1=Cc2cc(Br)ccc2OC1)N1CCOCC1CO. The van der Waals surface area contributed by atoms with E-state index in [0.717, 1.165) is 15.8 Å². The van der Waals surface area contributed by atoms with E-state index in [9.17, 15) is 9.90 Å². The van der Waals surface area contributed by atoms with E-state index in [0.29, 0.717) is 25.3 Å². The number of amides is 1. The van der Waals surface area contributed by atoms with Crippen LogP contribution in [0.3, 0.4) is 0 Å². The zero-order chi connectivity index (χ0) is 14.8. The number of hydrogen-bond acceptors (Lipinski definition) is 4. The second-order valence-electron chi connectivity index (χ2n) is 5.05. The first-order valence-electron chi connectivity index (χ1n) is 6.81. The maximum absolute atomic E-state index is 12.6. The quantitative estimate of drug-likeness (QED) is 0.873.